The second kappa shape index (κ2) is 9.27. The molecular weight excluding hydrogens is 338 g/mol. The lowest BCUT2D eigenvalue weighted by Crippen LogP contribution is -2.28. The van der Waals surface area contributed by atoms with Gasteiger partial charge in [0, 0.05) is 25.2 Å². The van der Waals surface area contributed by atoms with Gasteiger partial charge in [-0.15, -0.1) is 0 Å². The summed E-state index contributed by atoms with van der Waals surface area (Å²) in [5, 5.41) is 14.6. The van der Waals surface area contributed by atoms with Crippen LogP contribution in [-0.2, 0) is 11.2 Å². The number of nitrogens with one attached hydrogen (secondary N) is 2. The minimum atomic E-state index is -1.15. The molecule has 1 rings (SSSR count). The second-order valence-electron chi connectivity index (χ2n) is 6.82. The van der Waals surface area contributed by atoms with Crippen LogP contribution in [0.4, 0.5) is 10.5 Å². The summed E-state index contributed by atoms with van der Waals surface area (Å²) < 4.78 is 0. The van der Waals surface area contributed by atoms with Crippen molar-refractivity contribution in [3.63, 3.8) is 0 Å². The van der Waals surface area contributed by atoms with E-state index in [1.807, 2.05) is 33.8 Å². The third-order valence-electron chi connectivity index (χ3n) is 3.09. The molecule has 0 bridgehead atoms. The number of amides is 2. The smallest absolute Gasteiger partial charge is 0.348 e. The number of benzene rings is 1. The Morgan fingerprint density at radius 3 is 2.52 bits per heavy atom. The fourth-order valence-corrected chi connectivity index (χ4v) is 2.09. The lowest BCUT2D eigenvalue weighted by atomic mass is 9.97. The van der Waals surface area contributed by atoms with E-state index in [0.717, 1.165) is 5.56 Å². The molecule has 3 N–H and O–H groups in total. The molecule has 0 saturated carbocycles. The fraction of sp³-hybridized carbons (Fsp3) is 0.444. The van der Waals surface area contributed by atoms with Crippen molar-refractivity contribution in [1.82, 2.24) is 5.32 Å². The maximum atomic E-state index is 11.6. The summed E-state index contributed by atoms with van der Waals surface area (Å²) >= 11 is 5.01. The number of anilines is 1. The Hall–Kier alpha value is -2.28. The molecule has 7 heteroatoms. The van der Waals surface area contributed by atoms with Crippen LogP contribution in [-0.4, -0.2) is 40.8 Å². The predicted molar refractivity (Wildman–Crippen MR) is 105 cm³/mol. The second-order valence-corrected chi connectivity index (χ2v) is 7.23. The third-order valence-corrected chi connectivity index (χ3v) is 3.50. The number of thiocarbonyl (C=S) groups is 1. The van der Waals surface area contributed by atoms with Gasteiger partial charge in [0.15, 0.2) is 0 Å². The van der Waals surface area contributed by atoms with Crippen LogP contribution in [0, 0.1) is 5.41 Å². The number of carboxylic acid groups (broad SMARTS) is 1. The number of carboxylic acids is 1. The number of urea groups is 1. The van der Waals surface area contributed by atoms with Crippen LogP contribution in [0.15, 0.2) is 29.3 Å². The number of hydrogen-bond donors (Lipinski definition) is 3. The van der Waals surface area contributed by atoms with Crippen molar-refractivity contribution in [2.45, 2.75) is 34.1 Å². The Morgan fingerprint density at radius 2 is 1.96 bits per heavy atom. The van der Waals surface area contributed by atoms with Crippen molar-refractivity contribution in [3.05, 3.63) is 29.8 Å². The van der Waals surface area contributed by atoms with E-state index in [2.05, 4.69) is 15.6 Å². The highest BCUT2D eigenvalue weighted by Gasteiger charge is 2.17. The summed E-state index contributed by atoms with van der Waals surface area (Å²) in [6, 6.07) is 6.90. The number of carbonyl (C=O) groups excluding carboxylic acids is 1. The van der Waals surface area contributed by atoms with E-state index in [9.17, 15) is 14.7 Å². The van der Waals surface area contributed by atoms with Crippen molar-refractivity contribution >= 4 is 40.5 Å². The highest BCUT2D eigenvalue weighted by molar-refractivity contribution is 7.84. The molecule has 1 aromatic carbocycles. The number of carbonyl (C=O) groups is 2. The van der Waals surface area contributed by atoms with Crippen molar-refractivity contribution in [2.24, 2.45) is 10.4 Å². The maximum Gasteiger partial charge on any atom is 0.348 e. The molecule has 25 heavy (non-hydrogen) atoms. The summed E-state index contributed by atoms with van der Waals surface area (Å²) in [5.41, 5.74) is 1.75. The van der Waals surface area contributed by atoms with E-state index >= 15 is 0 Å². The molecule has 0 aliphatic carbocycles. The first-order chi connectivity index (χ1) is 11.6. The zero-order valence-electron chi connectivity index (χ0n) is 15.0. The van der Waals surface area contributed by atoms with Gasteiger partial charge in [-0.3, -0.25) is 4.99 Å². The summed E-state index contributed by atoms with van der Waals surface area (Å²) in [6.07, 6.45) is 0.298. The molecule has 0 fully saturated rings. The minimum Gasteiger partial charge on any atom is -0.477 e. The van der Waals surface area contributed by atoms with Crippen molar-refractivity contribution in [1.29, 1.82) is 0 Å². The molecule has 136 valence electrons. The molecule has 0 atom stereocenters. The summed E-state index contributed by atoms with van der Waals surface area (Å²) in [5.74, 6) is -1.15. The zero-order valence-corrected chi connectivity index (χ0v) is 15.9. The van der Waals surface area contributed by atoms with E-state index in [0.29, 0.717) is 30.9 Å². The van der Waals surface area contributed by atoms with Gasteiger partial charge in [-0.2, -0.15) is 0 Å². The van der Waals surface area contributed by atoms with Gasteiger partial charge in [-0.25, -0.2) is 9.59 Å². The third kappa shape index (κ3) is 7.89. The molecule has 0 heterocycles. The first-order valence-corrected chi connectivity index (χ1v) is 8.48. The van der Waals surface area contributed by atoms with Crippen molar-refractivity contribution < 1.29 is 14.7 Å². The highest BCUT2D eigenvalue weighted by atomic mass is 32.1. The zero-order chi connectivity index (χ0) is 19.0. The van der Waals surface area contributed by atoms with Crippen molar-refractivity contribution in [3.8, 4) is 0 Å². The highest BCUT2D eigenvalue weighted by Crippen LogP contribution is 2.15. The minimum absolute atomic E-state index is 0.0684. The number of aliphatic carboxylic acids is 1. The van der Waals surface area contributed by atoms with E-state index in [-0.39, 0.29) is 16.3 Å². The number of nitrogens with zero attached hydrogens (tertiary/aromatic N) is 1. The van der Waals surface area contributed by atoms with E-state index in [4.69, 9.17) is 12.2 Å². The van der Waals surface area contributed by atoms with Crippen LogP contribution in [0.2, 0.25) is 0 Å². The van der Waals surface area contributed by atoms with Crippen LogP contribution >= 0.6 is 12.2 Å². The predicted octanol–water partition coefficient (Wildman–Crippen LogP) is 3.31. The number of aliphatic imine (C=N–C) groups is 1. The lowest BCUT2D eigenvalue weighted by molar-refractivity contribution is -0.128. The molecule has 6 nitrogen and oxygen atoms in total. The van der Waals surface area contributed by atoms with Crippen molar-refractivity contribution in [2.75, 3.05) is 18.4 Å². The van der Waals surface area contributed by atoms with Gasteiger partial charge in [-0.1, -0.05) is 45.1 Å². The molecular formula is C18H25N3O3S. The average molecular weight is 363 g/mol. The SMILES string of the molecule is CCNC(=O)Nc1cccc(CC(=NCC(C)(C)C)C(=S)C(=O)O)c1. The topological polar surface area (TPSA) is 90.8 Å². The molecule has 0 radical (unpaired) electrons. The van der Waals surface area contributed by atoms with Gasteiger partial charge in [0.1, 0.15) is 4.86 Å². The number of hydrogen-bond acceptors (Lipinski definition) is 4. The molecule has 2 amide bonds. The van der Waals surface area contributed by atoms with Gasteiger partial charge in [0.25, 0.3) is 0 Å². The molecule has 0 aliphatic rings. The van der Waals surface area contributed by atoms with Crippen LogP contribution in [0.1, 0.15) is 33.3 Å². The van der Waals surface area contributed by atoms with Gasteiger partial charge in [-0.05, 0) is 30.0 Å². The Morgan fingerprint density at radius 1 is 1.28 bits per heavy atom. The molecule has 0 saturated heterocycles. The van der Waals surface area contributed by atoms with E-state index in [1.165, 1.54) is 0 Å². The Kier molecular flexibility index (Phi) is 7.70. The van der Waals surface area contributed by atoms with Crippen LogP contribution < -0.4 is 10.6 Å². The Labute approximate surface area is 153 Å². The monoisotopic (exact) mass is 363 g/mol. The van der Waals surface area contributed by atoms with Crippen LogP contribution in [0.3, 0.4) is 0 Å². The average Bonchev–Trinajstić information content (AvgIpc) is 2.50. The summed E-state index contributed by atoms with van der Waals surface area (Å²) in [4.78, 5) is 27.1. The standard InChI is InChI=1S/C18H25N3O3S/c1-5-19-17(24)21-13-8-6-7-12(9-13)10-14(15(25)16(22)23)20-11-18(2,3)4/h6-9H,5,10-11H2,1-4H3,(H,22,23)(H2,19,21,24). The van der Waals surface area contributed by atoms with Crippen LogP contribution in [0.25, 0.3) is 0 Å². The van der Waals surface area contributed by atoms with Crippen LogP contribution in [0.5, 0.6) is 0 Å². The normalized spacial score (nSPS) is 11.8. The molecule has 0 unspecified atom stereocenters. The van der Waals surface area contributed by atoms with Gasteiger partial charge in [0.05, 0.1) is 5.71 Å². The van der Waals surface area contributed by atoms with Gasteiger partial charge >= 0.3 is 12.0 Å². The fourth-order valence-electron chi connectivity index (χ4n) is 1.95. The summed E-state index contributed by atoms with van der Waals surface area (Å²) in [6.45, 7) is 8.91. The van der Waals surface area contributed by atoms with Gasteiger partial charge < -0.3 is 15.7 Å². The largest absolute Gasteiger partial charge is 0.477 e. The summed E-state index contributed by atoms with van der Waals surface area (Å²) in [7, 11) is 0. The maximum absolute atomic E-state index is 11.6. The molecule has 0 aromatic heterocycles. The quantitative estimate of drug-likeness (QED) is 0.512. The first-order valence-electron chi connectivity index (χ1n) is 8.07. The molecule has 0 spiro atoms. The van der Waals surface area contributed by atoms with Gasteiger partial charge in [0.2, 0.25) is 0 Å². The lowest BCUT2D eigenvalue weighted by Gasteiger charge is -2.16. The molecule has 0 aliphatic heterocycles. The first kappa shape index (κ1) is 20.8. The Balaban J connectivity index is 2.98. The number of rotatable bonds is 7. The van der Waals surface area contributed by atoms with E-state index in [1.54, 1.807) is 18.2 Å². The Bertz CT molecular complexity index is 678. The molecule has 1 aromatic rings. The van der Waals surface area contributed by atoms with E-state index < -0.39 is 5.97 Å².